The Morgan fingerprint density at radius 1 is 1.08 bits per heavy atom. The van der Waals surface area contributed by atoms with E-state index in [0.29, 0.717) is 33.9 Å². The third kappa shape index (κ3) is 3.12. The molecular formula is C20H15N3O3. The van der Waals surface area contributed by atoms with Crippen molar-refractivity contribution >= 4 is 22.7 Å². The van der Waals surface area contributed by atoms with E-state index in [0.717, 1.165) is 5.75 Å². The van der Waals surface area contributed by atoms with Crippen molar-refractivity contribution in [3.05, 3.63) is 72.4 Å². The summed E-state index contributed by atoms with van der Waals surface area (Å²) in [6, 6.07) is 17.8. The van der Waals surface area contributed by atoms with E-state index >= 15 is 0 Å². The predicted octanol–water partition coefficient (Wildman–Crippen LogP) is 4.15. The zero-order chi connectivity index (χ0) is 17.9. The molecule has 26 heavy (non-hydrogen) atoms. The lowest BCUT2D eigenvalue weighted by Gasteiger charge is -2.06. The van der Waals surface area contributed by atoms with Gasteiger partial charge in [-0.3, -0.25) is 9.78 Å². The van der Waals surface area contributed by atoms with E-state index in [2.05, 4.69) is 15.3 Å². The molecule has 1 N–H and O–H groups in total. The fourth-order valence-corrected chi connectivity index (χ4v) is 2.54. The minimum atomic E-state index is -0.229. The van der Waals surface area contributed by atoms with Crippen LogP contribution in [0.2, 0.25) is 0 Å². The number of rotatable bonds is 4. The summed E-state index contributed by atoms with van der Waals surface area (Å²) in [5, 5.41) is 2.84. The molecule has 0 aliphatic heterocycles. The molecule has 4 aromatic rings. The predicted molar refractivity (Wildman–Crippen MR) is 98.2 cm³/mol. The Balaban J connectivity index is 1.59. The smallest absolute Gasteiger partial charge is 0.255 e. The molecule has 0 atom stereocenters. The summed E-state index contributed by atoms with van der Waals surface area (Å²) in [6.07, 6.45) is 1.68. The number of hydrogen-bond donors (Lipinski definition) is 1. The molecule has 1 amide bonds. The number of pyridine rings is 1. The van der Waals surface area contributed by atoms with Crippen molar-refractivity contribution in [2.45, 2.75) is 0 Å². The number of carbonyl (C=O) groups is 1. The number of oxazole rings is 1. The molecule has 0 unspecified atom stereocenters. The Morgan fingerprint density at radius 2 is 1.92 bits per heavy atom. The van der Waals surface area contributed by atoms with Crippen LogP contribution in [0.4, 0.5) is 5.69 Å². The molecule has 2 aromatic carbocycles. The highest BCUT2D eigenvalue weighted by Gasteiger charge is 2.12. The van der Waals surface area contributed by atoms with Crippen LogP contribution in [-0.2, 0) is 0 Å². The summed E-state index contributed by atoms with van der Waals surface area (Å²) in [5.74, 6) is 0.925. The number of hydrogen-bond acceptors (Lipinski definition) is 5. The van der Waals surface area contributed by atoms with Gasteiger partial charge in [0.15, 0.2) is 5.58 Å². The average Bonchev–Trinajstić information content (AvgIpc) is 3.12. The van der Waals surface area contributed by atoms with Crippen molar-refractivity contribution in [2.24, 2.45) is 0 Å². The SMILES string of the molecule is COc1ccc(NC(=O)c2ccc3nc(-c4ccccn4)oc3c2)cc1. The van der Waals surface area contributed by atoms with Gasteiger partial charge in [0.25, 0.3) is 5.91 Å². The van der Waals surface area contributed by atoms with Gasteiger partial charge in [0.1, 0.15) is 17.0 Å². The highest BCUT2D eigenvalue weighted by molar-refractivity contribution is 6.05. The summed E-state index contributed by atoms with van der Waals surface area (Å²) in [7, 11) is 1.60. The molecule has 6 nitrogen and oxygen atoms in total. The maximum Gasteiger partial charge on any atom is 0.255 e. The number of carbonyl (C=O) groups excluding carboxylic acids is 1. The summed E-state index contributed by atoms with van der Waals surface area (Å²) in [6.45, 7) is 0. The molecule has 0 fully saturated rings. The highest BCUT2D eigenvalue weighted by atomic mass is 16.5. The van der Waals surface area contributed by atoms with Crippen molar-refractivity contribution < 1.29 is 13.9 Å². The fraction of sp³-hybridized carbons (Fsp3) is 0.0500. The lowest BCUT2D eigenvalue weighted by molar-refractivity contribution is 0.102. The molecular weight excluding hydrogens is 330 g/mol. The van der Waals surface area contributed by atoms with Crippen molar-refractivity contribution in [3.8, 4) is 17.3 Å². The van der Waals surface area contributed by atoms with Crippen molar-refractivity contribution in [3.63, 3.8) is 0 Å². The second kappa shape index (κ2) is 6.68. The van der Waals surface area contributed by atoms with Crippen LogP contribution >= 0.6 is 0 Å². The van der Waals surface area contributed by atoms with Gasteiger partial charge in [-0.05, 0) is 54.6 Å². The number of anilines is 1. The van der Waals surface area contributed by atoms with E-state index in [1.165, 1.54) is 0 Å². The van der Waals surface area contributed by atoms with E-state index in [9.17, 15) is 4.79 Å². The standard InChI is InChI=1S/C20H15N3O3/c1-25-15-8-6-14(7-9-15)22-19(24)13-5-10-16-18(12-13)26-20(23-16)17-4-2-3-11-21-17/h2-12H,1H3,(H,22,24). The number of benzene rings is 2. The van der Waals surface area contributed by atoms with Crippen molar-refractivity contribution in [2.75, 3.05) is 12.4 Å². The van der Waals surface area contributed by atoms with Gasteiger partial charge < -0.3 is 14.5 Å². The number of nitrogens with zero attached hydrogens (tertiary/aromatic N) is 2. The minimum Gasteiger partial charge on any atom is -0.497 e. The first-order valence-electron chi connectivity index (χ1n) is 8.00. The van der Waals surface area contributed by atoms with E-state index in [-0.39, 0.29) is 5.91 Å². The van der Waals surface area contributed by atoms with Crippen molar-refractivity contribution in [1.82, 2.24) is 9.97 Å². The van der Waals surface area contributed by atoms with Crippen LogP contribution in [0.3, 0.4) is 0 Å². The second-order valence-electron chi connectivity index (χ2n) is 5.60. The van der Waals surface area contributed by atoms with E-state index < -0.39 is 0 Å². The molecule has 2 heterocycles. The van der Waals surface area contributed by atoms with Crippen LogP contribution in [0.15, 0.2) is 71.3 Å². The first-order valence-corrected chi connectivity index (χ1v) is 8.00. The fourth-order valence-electron chi connectivity index (χ4n) is 2.54. The van der Waals surface area contributed by atoms with Crippen LogP contribution in [0.1, 0.15) is 10.4 Å². The largest absolute Gasteiger partial charge is 0.497 e. The zero-order valence-electron chi connectivity index (χ0n) is 14.0. The summed E-state index contributed by atoms with van der Waals surface area (Å²) in [5.41, 5.74) is 3.02. The maximum absolute atomic E-state index is 12.5. The number of amides is 1. The number of ether oxygens (including phenoxy) is 1. The maximum atomic E-state index is 12.5. The van der Waals surface area contributed by atoms with Crippen LogP contribution in [0.5, 0.6) is 5.75 Å². The van der Waals surface area contributed by atoms with Gasteiger partial charge in [0, 0.05) is 17.4 Å². The van der Waals surface area contributed by atoms with E-state index in [1.54, 1.807) is 55.8 Å². The third-order valence-electron chi connectivity index (χ3n) is 3.88. The van der Waals surface area contributed by atoms with Crippen LogP contribution in [0.25, 0.3) is 22.7 Å². The molecule has 0 aliphatic rings. The van der Waals surface area contributed by atoms with Gasteiger partial charge >= 0.3 is 0 Å². The average molecular weight is 345 g/mol. The van der Waals surface area contributed by atoms with E-state index in [4.69, 9.17) is 9.15 Å². The zero-order valence-corrected chi connectivity index (χ0v) is 14.0. The van der Waals surface area contributed by atoms with Crippen molar-refractivity contribution in [1.29, 1.82) is 0 Å². The Hall–Kier alpha value is -3.67. The van der Waals surface area contributed by atoms with Gasteiger partial charge in [0.2, 0.25) is 5.89 Å². The quantitative estimate of drug-likeness (QED) is 0.601. The highest BCUT2D eigenvalue weighted by Crippen LogP contribution is 2.24. The molecule has 0 saturated heterocycles. The van der Waals surface area contributed by atoms with Crippen LogP contribution < -0.4 is 10.1 Å². The first-order chi connectivity index (χ1) is 12.7. The van der Waals surface area contributed by atoms with Gasteiger partial charge in [0.05, 0.1) is 7.11 Å². The molecule has 0 bridgehead atoms. The number of nitrogens with one attached hydrogen (secondary N) is 1. The first kappa shape index (κ1) is 15.8. The number of methoxy groups -OCH3 is 1. The topological polar surface area (TPSA) is 77.2 Å². The minimum absolute atomic E-state index is 0.229. The van der Waals surface area contributed by atoms with Gasteiger partial charge in [-0.2, -0.15) is 0 Å². The summed E-state index contributed by atoms with van der Waals surface area (Å²) >= 11 is 0. The molecule has 0 aliphatic carbocycles. The molecule has 0 saturated carbocycles. The molecule has 0 spiro atoms. The second-order valence-corrected chi connectivity index (χ2v) is 5.60. The lowest BCUT2D eigenvalue weighted by Crippen LogP contribution is -2.11. The number of aromatic nitrogens is 2. The Kier molecular flexibility index (Phi) is 4.07. The summed E-state index contributed by atoms with van der Waals surface area (Å²) in [4.78, 5) is 21.1. The van der Waals surface area contributed by atoms with Gasteiger partial charge in [-0.25, -0.2) is 4.98 Å². The normalized spacial score (nSPS) is 10.7. The molecule has 2 aromatic heterocycles. The third-order valence-corrected chi connectivity index (χ3v) is 3.88. The molecule has 4 rings (SSSR count). The van der Waals surface area contributed by atoms with E-state index in [1.807, 2.05) is 18.2 Å². The molecule has 0 radical (unpaired) electrons. The Bertz CT molecular complexity index is 1060. The summed E-state index contributed by atoms with van der Waals surface area (Å²) < 4.78 is 10.9. The lowest BCUT2D eigenvalue weighted by atomic mass is 10.2. The van der Waals surface area contributed by atoms with Crippen LogP contribution in [-0.4, -0.2) is 23.0 Å². The van der Waals surface area contributed by atoms with Crippen LogP contribution in [0, 0.1) is 0 Å². The Labute approximate surface area is 149 Å². The van der Waals surface area contributed by atoms with Gasteiger partial charge in [-0.1, -0.05) is 6.07 Å². The van der Waals surface area contributed by atoms with Gasteiger partial charge in [-0.15, -0.1) is 0 Å². The molecule has 128 valence electrons. The number of fused-ring (bicyclic) bond motifs is 1. The molecule has 6 heteroatoms. The monoisotopic (exact) mass is 345 g/mol. The Morgan fingerprint density at radius 3 is 2.65 bits per heavy atom.